The summed E-state index contributed by atoms with van der Waals surface area (Å²) < 4.78 is 15.0. The van der Waals surface area contributed by atoms with Gasteiger partial charge in [0.05, 0.1) is 12.0 Å². The summed E-state index contributed by atoms with van der Waals surface area (Å²) in [6, 6.07) is 4.67. The highest BCUT2D eigenvalue weighted by molar-refractivity contribution is 5.76. The predicted octanol–water partition coefficient (Wildman–Crippen LogP) is 0.507. The fraction of sp³-hybridized carbons (Fsp3) is 0.273. The van der Waals surface area contributed by atoms with Gasteiger partial charge in [-0.15, -0.1) is 0 Å². The van der Waals surface area contributed by atoms with Crippen molar-refractivity contribution in [1.29, 1.82) is 0 Å². The van der Waals surface area contributed by atoms with Crippen molar-refractivity contribution in [2.24, 2.45) is 0 Å². The third-order valence-corrected chi connectivity index (χ3v) is 2.17. The summed E-state index contributed by atoms with van der Waals surface area (Å²) in [6.07, 6.45) is 0. The van der Waals surface area contributed by atoms with Crippen molar-refractivity contribution in [3.63, 3.8) is 0 Å². The molecule has 0 aliphatic carbocycles. The van der Waals surface area contributed by atoms with Crippen LogP contribution in [0.1, 0.15) is 0 Å². The van der Waals surface area contributed by atoms with Gasteiger partial charge in [0.15, 0.2) is 0 Å². The molecule has 0 saturated heterocycles. The van der Waals surface area contributed by atoms with E-state index in [1.54, 1.807) is 19.2 Å². The van der Waals surface area contributed by atoms with Crippen LogP contribution in [0, 0.1) is 0 Å². The Kier molecular flexibility index (Phi) is 3.24. The van der Waals surface area contributed by atoms with Gasteiger partial charge in [-0.1, -0.05) is 0 Å². The van der Waals surface area contributed by atoms with Crippen LogP contribution in [0.2, 0.25) is 0 Å². The van der Waals surface area contributed by atoms with Crippen LogP contribution in [-0.2, 0) is 4.74 Å². The van der Waals surface area contributed by atoms with Gasteiger partial charge in [-0.25, -0.2) is 4.79 Å². The number of rotatable bonds is 4. The lowest BCUT2D eigenvalue weighted by atomic mass is 10.2. The Labute approximate surface area is 95.8 Å². The van der Waals surface area contributed by atoms with E-state index in [1.807, 2.05) is 4.98 Å². The second kappa shape index (κ2) is 4.84. The molecule has 1 N–H and O–H groups in total. The second-order valence-corrected chi connectivity index (χ2v) is 3.34. The average Bonchev–Trinajstić information content (AvgIpc) is 2.28. The summed E-state index contributed by atoms with van der Waals surface area (Å²) in [7, 11) is 1.57. The Balaban J connectivity index is 2.37. The molecule has 6 nitrogen and oxygen atoms in total. The van der Waals surface area contributed by atoms with E-state index in [4.69, 9.17) is 13.9 Å². The van der Waals surface area contributed by atoms with Crippen LogP contribution in [-0.4, -0.2) is 25.3 Å². The van der Waals surface area contributed by atoms with Crippen LogP contribution < -0.4 is 16.1 Å². The van der Waals surface area contributed by atoms with E-state index in [9.17, 15) is 9.59 Å². The number of hydrogen-bond acceptors (Lipinski definition) is 5. The van der Waals surface area contributed by atoms with Crippen LogP contribution >= 0.6 is 0 Å². The zero-order valence-corrected chi connectivity index (χ0v) is 9.19. The van der Waals surface area contributed by atoms with E-state index in [2.05, 4.69) is 0 Å². The second-order valence-electron chi connectivity index (χ2n) is 3.34. The molecule has 1 aromatic heterocycles. The molecule has 0 aliphatic rings. The van der Waals surface area contributed by atoms with Gasteiger partial charge < -0.3 is 13.9 Å². The molecular formula is C11H11NO5. The summed E-state index contributed by atoms with van der Waals surface area (Å²) in [5.41, 5.74) is -0.270. The first kappa shape index (κ1) is 11.4. The first-order valence-electron chi connectivity index (χ1n) is 4.99. The molecule has 6 heteroatoms. The molecule has 0 saturated carbocycles. The van der Waals surface area contributed by atoms with Gasteiger partial charge in [-0.3, -0.25) is 9.78 Å². The van der Waals surface area contributed by atoms with E-state index < -0.39 is 11.3 Å². The fourth-order valence-corrected chi connectivity index (χ4v) is 1.39. The maximum Gasteiger partial charge on any atom is 0.419 e. The lowest BCUT2D eigenvalue weighted by molar-refractivity contribution is 0.146. The van der Waals surface area contributed by atoms with Gasteiger partial charge in [0.2, 0.25) is 0 Å². The highest BCUT2D eigenvalue weighted by Gasteiger charge is 2.04. The predicted molar refractivity (Wildman–Crippen MR) is 60.5 cm³/mol. The maximum atomic E-state index is 11.4. The molecule has 2 aromatic rings. The highest BCUT2D eigenvalue weighted by atomic mass is 16.5. The van der Waals surface area contributed by atoms with Crippen molar-refractivity contribution in [1.82, 2.24) is 4.98 Å². The van der Waals surface area contributed by atoms with Crippen molar-refractivity contribution >= 4 is 11.0 Å². The molecule has 0 fully saturated rings. The lowest BCUT2D eigenvalue weighted by Crippen LogP contribution is -2.17. The van der Waals surface area contributed by atoms with Crippen molar-refractivity contribution in [2.45, 2.75) is 0 Å². The van der Waals surface area contributed by atoms with Crippen LogP contribution in [0.25, 0.3) is 11.0 Å². The Morgan fingerprint density at radius 3 is 2.88 bits per heavy atom. The molecule has 0 atom stereocenters. The van der Waals surface area contributed by atoms with Gasteiger partial charge in [0, 0.05) is 13.2 Å². The van der Waals surface area contributed by atoms with Crippen LogP contribution in [0.3, 0.4) is 0 Å². The number of aromatic amines is 1. The van der Waals surface area contributed by atoms with Gasteiger partial charge in [0.25, 0.3) is 5.56 Å². The van der Waals surface area contributed by atoms with Crippen molar-refractivity contribution < 1.29 is 13.9 Å². The summed E-state index contributed by atoms with van der Waals surface area (Å²) in [6.45, 7) is 0.840. The largest absolute Gasteiger partial charge is 0.491 e. The molecule has 0 amide bonds. The van der Waals surface area contributed by atoms with Crippen molar-refractivity contribution in [3.05, 3.63) is 39.1 Å². The number of benzene rings is 1. The molecule has 2 rings (SSSR count). The smallest absolute Gasteiger partial charge is 0.419 e. The minimum atomic E-state index is -0.781. The molecule has 0 unspecified atom stereocenters. The van der Waals surface area contributed by atoms with Crippen LogP contribution in [0.5, 0.6) is 5.75 Å². The molecule has 90 valence electrons. The van der Waals surface area contributed by atoms with Gasteiger partial charge >= 0.3 is 5.76 Å². The highest BCUT2D eigenvalue weighted by Crippen LogP contribution is 2.16. The van der Waals surface area contributed by atoms with E-state index in [-0.39, 0.29) is 5.58 Å². The third kappa shape index (κ3) is 2.54. The van der Waals surface area contributed by atoms with Gasteiger partial charge in [0.1, 0.15) is 17.9 Å². The fourth-order valence-electron chi connectivity index (χ4n) is 1.39. The van der Waals surface area contributed by atoms with E-state index in [0.29, 0.717) is 24.3 Å². The number of nitrogens with one attached hydrogen (secondary N) is 1. The Morgan fingerprint density at radius 2 is 2.12 bits per heavy atom. The summed E-state index contributed by atoms with van der Waals surface area (Å²) in [5.74, 6) is -0.264. The molecule has 0 spiro atoms. The summed E-state index contributed by atoms with van der Waals surface area (Å²) in [5, 5.41) is 0.309. The lowest BCUT2D eigenvalue weighted by Gasteiger charge is -2.05. The molecular weight excluding hydrogens is 226 g/mol. The molecule has 1 aromatic carbocycles. The van der Waals surface area contributed by atoms with Gasteiger partial charge in [-0.2, -0.15) is 0 Å². The molecule has 17 heavy (non-hydrogen) atoms. The first-order valence-corrected chi connectivity index (χ1v) is 4.99. The Bertz CT molecular complexity index is 628. The number of ether oxygens (including phenoxy) is 2. The quantitative estimate of drug-likeness (QED) is 0.783. The van der Waals surface area contributed by atoms with Crippen LogP contribution in [0.15, 0.2) is 32.2 Å². The standard InChI is InChI=1S/C11H11NO5/c1-15-4-5-16-7-2-3-8-9(6-7)17-11(14)12-10(8)13/h2-3,6H,4-5H2,1H3,(H,12,13,14). The summed E-state index contributed by atoms with van der Waals surface area (Å²) in [4.78, 5) is 24.4. The minimum absolute atomic E-state index is 0.202. The topological polar surface area (TPSA) is 81.5 Å². The van der Waals surface area contributed by atoms with Gasteiger partial charge in [-0.05, 0) is 12.1 Å². The normalized spacial score (nSPS) is 10.6. The minimum Gasteiger partial charge on any atom is -0.491 e. The van der Waals surface area contributed by atoms with Crippen LogP contribution in [0.4, 0.5) is 0 Å². The number of hydrogen-bond donors (Lipinski definition) is 1. The third-order valence-electron chi connectivity index (χ3n) is 2.17. The number of aromatic nitrogens is 1. The number of methoxy groups -OCH3 is 1. The number of fused-ring (bicyclic) bond motifs is 1. The SMILES string of the molecule is COCCOc1ccc2c(=O)[nH]c(=O)oc2c1. The van der Waals surface area contributed by atoms with Crippen molar-refractivity contribution in [2.75, 3.05) is 20.3 Å². The van der Waals surface area contributed by atoms with Crippen molar-refractivity contribution in [3.8, 4) is 5.75 Å². The van der Waals surface area contributed by atoms with E-state index in [1.165, 1.54) is 6.07 Å². The summed E-state index contributed by atoms with van der Waals surface area (Å²) >= 11 is 0. The molecule has 0 bridgehead atoms. The van der Waals surface area contributed by atoms with E-state index in [0.717, 1.165) is 0 Å². The number of H-pyrrole nitrogens is 1. The molecule has 0 radical (unpaired) electrons. The zero-order chi connectivity index (χ0) is 12.3. The molecule has 0 aliphatic heterocycles. The Morgan fingerprint density at radius 1 is 1.29 bits per heavy atom. The average molecular weight is 237 g/mol. The van der Waals surface area contributed by atoms with E-state index >= 15 is 0 Å². The zero-order valence-electron chi connectivity index (χ0n) is 9.19. The Hall–Kier alpha value is -2.08. The maximum absolute atomic E-state index is 11.4. The molecule has 1 heterocycles. The first-order chi connectivity index (χ1) is 8.20. The monoisotopic (exact) mass is 237 g/mol.